The highest BCUT2D eigenvalue weighted by Gasteiger charge is 2.27. The molecule has 0 saturated heterocycles. The Hall–Kier alpha value is -1.84. The molecule has 1 aromatic heterocycles. The zero-order valence-corrected chi connectivity index (χ0v) is 17.4. The van der Waals surface area contributed by atoms with E-state index in [2.05, 4.69) is 52.4 Å². The second-order valence-electron chi connectivity index (χ2n) is 5.49. The van der Waals surface area contributed by atoms with Crippen LogP contribution in [0.25, 0.3) is 11.3 Å². The first-order valence-electron chi connectivity index (χ1n) is 7.55. The van der Waals surface area contributed by atoms with Crippen LogP contribution in [0.3, 0.4) is 0 Å². The lowest BCUT2D eigenvalue weighted by Gasteiger charge is -2.20. The maximum atomic E-state index is 9.90. The molecule has 1 aliphatic heterocycles. The van der Waals surface area contributed by atoms with Gasteiger partial charge in [0.2, 0.25) is 11.0 Å². The minimum Gasteiger partial charge on any atom is -0.508 e. The van der Waals surface area contributed by atoms with Gasteiger partial charge in [0.25, 0.3) is 0 Å². The van der Waals surface area contributed by atoms with Crippen molar-refractivity contribution < 1.29 is 9.84 Å². The van der Waals surface area contributed by atoms with Crippen molar-refractivity contribution in [1.29, 1.82) is 0 Å². The van der Waals surface area contributed by atoms with E-state index in [4.69, 9.17) is 4.74 Å². The first kappa shape index (κ1) is 17.6. The number of rotatable bonds is 2. The SMILES string of the molecule is CSc1nnc2c(n1)O[C@@H](c1cc(O)ccc1Br)Nc1ccc(Br)cc1-2. The maximum absolute atomic E-state index is 9.90. The van der Waals surface area contributed by atoms with Gasteiger partial charge in [-0.1, -0.05) is 43.6 Å². The van der Waals surface area contributed by atoms with Crippen molar-refractivity contribution >= 4 is 49.3 Å². The quantitative estimate of drug-likeness (QED) is 0.484. The van der Waals surface area contributed by atoms with Gasteiger partial charge in [0, 0.05) is 25.8 Å². The summed E-state index contributed by atoms with van der Waals surface area (Å²) in [7, 11) is 0. The molecule has 0 spiro atoms. The lowest BCUT2D eigenvalue weighted by Crippen LogP contribution is -2.17. The minimum absolute atomic E-state index is 0.153. The third kappa shape index (κ3) is 3.26. The number of aromatic hydroxyl groups is 1. The number of benzene rings is 2. The fraction of sp³-hybridized carbons (Fsp3) is 0.118. The standard InChI is InChI=1S/C17H12Br2N4O2S/c1-26-17-21-16-14(22-23-17)11-6-8(18)2-5-13(11)20-15(25-16)10-7-9(24)3-4-12(10)19/h2-7,15,20,24H,1H3/t15-/m0/s1. The highest BCUT2D eigenvalue weighted by atomic mass is 79.9. The molecule has 2 heterocycles. The van der Waals surface area contributed by atoms with Crippen LogP contribution in [0.1, 0.15) is 11.8 Å². The number of nitrogens with one attached hydrogen (secondary N) is 1. The Bertz CT molecular complexity index is 1000. The van der Waals surface area contributed by atoms with Crippen LogP contribution in [0, 0.1) is 0 Å². The number of hydrogen-bond acceptors (Lipinski definition) is 7. The molecule has 6 nitrogen and oxygen atoms in total. The summed E-state index contributed by atoms with van der Waals surface area (Å²) < 4.78 is 7.87. The molecule has 132 valence electrons. The molecule has 2 aromatic carbocycles. The van der Waals surface area contributed by atoms with Crippen LogP contribution in [0.5, 0.6) is 11.6 Å². The van der Waals surface area contributed by atoms with Crippen LogP contribution in [-0.4, -0.2) is 26.5 Å². The number of aromatic nitrogens is 3. The Morgan fingerprint density at radius 1 is 1.15 bits per heavy atom. The van der Waals surface area contributed by atoms with Crippen LogP contribution >= 0.6 is 43.6 Å². The lowest BCUT2D eigenvalue weighted by atomic mass is 10.1. The van der Waals surface area contributed by atoms with Gasteiger partial charge in [0.15, 0.2) is 11.9 Å². The van der Waals surface area contributed by atoms with Crippen LogP contribution in [0.15, 0.2) is 50.5 Å². The van der Waals surface area contributed by atoms with Gasteiger partial charge in [-0.15, -0.1) is 10.2 Å². The zero-order valence-electron chi connectivity index (χ0n) is 13.4. The highest BCUT2D eigenvalue weighted by molar-refractivity contribution is 9.10. The van der Waals surface area contributed by atoms with Crippen molar-refractivity contribution in [2.75, 3.05) is 11.6 Å². The van der Waals surface area contributed by atoms with E-state index >= 15 is 0 Å². The summed E-state index contributed by atoms with van der Waals surface area (Å²) in [5.74, 6) is 0.536. The van der Waals surface area contributed by atoms with Crippen LogP contribution in [0.2, 0.25) is 0 Å². The minimum atomic E-state index is -0.566. The number of phenols is 1. The molecule has 0 unspecified atom stereocenters. The van der Waals surface area contributed by atoms with Crippen LogP contribution in [-0.2, 0) is 0 Å². The van der Waals surface area contributed by atoms with E-state index in [1.807, 2.05) is 24.5 Å². The van der Waals surface area contributed by atoms with Crippen molar-refractivity contribution in [2.24, 2.45) is 0 Å². The van der Waals surface area contributed by atoms with Gasteiger partial charge in [0.05, 0.1) is 0 Å². The lowest BCUT2D eigenvalue weighted by molar-refractivity contribution is 0.224. The number of ether oxygens (including phenoxy) is 1. The molecule has 1 aliphatic rings. The predicted octanol–water partition coefficient (Wildman–Crippen LogP) is 4.99. The van der Waals surface area contributed by atoms with Crippen LogP contribution in [0.4, 0.5) is 5.69 Å². The normalized spacial score (nSPS) is 15.3. The number of fused-ring (bicyclic) bond motifs is 3. The highest BCUT2D eigenvalue weighted by Crippen LogP contribution is 2.42. The van der Waals surface area contributed by atoms with Gasteiger partial charge in [0.1, 0.15) is 5.75 Å². The monoisotopic (exact) mass is 494 g/mol. The van der Waals surface area contributed by atoms with Gasteiger partial charge >= 0.3 is 0 Å². The number of anilines is 1. The molecule has 0 aliphatic carbocycles. The van der Waals surface area contributed by atoms with Gasteiger partial charge in [-0.05, 0) is 42.7 Å². The molecular weight excluding hydrogens is 484 g/mol. The average Bonchev–Trinajstić information content (AvgIpc) is 2.79. The van der Waals surface area contributed by atoms with Gasteiger partial charge < -0.3 is 15.2 Å². The molecule has 2 N–H and O–H groups in total. The summed E-state index contributed by atoms with van der Waals surface area (Å²) in [6.07, 6.45) is 1.32. The molecule has 0 bridgehead atoms. The van der Waals surface area contributed by atoms with Crippen molar-refractivity contribution in [2.45, 2.75) is 11.4 Å². The third-order valence-electron chi connectivity index (χ3n) is 3.83. The number of phenolic OH excluding ortho intramolecular Hbond substituents is 1. The topological polar surface area (TPSA) is 80.2 Å². The van der Waals surface area contributed by atoms with Crippen LogP contribution < -0.4 is 10.1 Å². The fourth-order valence-corrected chi connectivity index (χ4v) is 3.74. The second kappa shape index (κ2) is 7.05. The van der Waals surface area contributed by atoms with Gasteiger partial charge in [-0.25, -0.2) is 0 Å². The molecule has 0 radical (unpaired) electrons. The largest absolute Gasteiger partial charge is 0.508 e. The number of hydrogen-bond donors (Lipinski definition) is 2. The molecule has 0 saturated carbocycles. The fourth-order valence-electron chi connectivity index (χ4n) is 2.63. The van der Waals surface area contributed by atoms with E-state index in [0.717, 1.165) is 25.8 Å². The first-order valence-corrected chi connectivity index (χ1v) is 10.4. The number of thioether (sulfide) groups is 1. The first-order chi connectivity index (χ1) is 12.5. The molecule has 3 aromatic rings. The molecule has 1 atom stereocenters. The van der Waals surface area contributed by atoms with E-state index in [1.165, 1.54) is 11.8 Å². The smallest absolute Gasteiger partial charge is 0.247 e. The van der Waals surface area contributed by atoms with E-state index in [1.54, 1.807) is 18.2 Å². The third-order valence-corrected chi connectivity index (χ3v) is 5.59. The van der Waals surface area contributed by atoms with E-state index in [9.17, 15) is 5.11 Å². The number of nitrogens with zero attached hydrogens (tertiary/aromatic N) is 3. The summed E-state index contributed by atoms with van der Waals surface area (Å²) in [6, 6.07) is 10.8. The Labute approximate surface area is 170 Å². The zero-order chi connectivity index (χ0) is 18.3. The molecule has 0 amide bonds. The van der Waals surface area contributed by atoms with Crippen molar-refractivity contribution in [1.82, 2.24) is 15.2 Å². The predicted molar refractivity (Wildman–Crippen MR) is 108 cm³/mol. The summed E-state index contributed by atoms with van der Waals surface area (Å²) in [4.78, 5) is 4.48. The summed E-state index contributed by atoms with van der Waals surface area (Å²) >= 11 is 8.41. The Kier molecular flexibility index (Phi) is 4.76. The Balaban J connectivity index is 1.91. The Morgan fingerprint density at radius 2 is 2.00 bits per heavy atom. The summed E-state index contributed by atoms with van der Waals surface area (Å²) in [5, 5.41) is 22.2. The van der Waals surface area contributed by atoms with E-state index < -0.39 is 6.23 Å². The van der Waals surface area contributed by atoms with Crippen molar-refractivity contribution in [3.8, 4) is 22.9 Å². The summed E-state index contributed by atoms with van der Waals surface area (Å²) in [6.45, 7) is 0. The van der Waals surface area contributed by atoms with Crippen molar-refractivity contribution in [3.63, 3.8) is 0 Å². The molecular formula is C17H12Br2N4O2S. The number of halogens is 2. The van der Waals surface area contributed by atoms with E-state index in [-0.39, 0.29) is 5.75 Å². The molecule has 26 heavy (non-hydrogen) atoms. The maximum Gasteiger partial charge on any atom is 0.247 e. The van der Waals surface area contributed by atoms with Gasteiger partial charge in [-0.3, -0.25) is 0 Å². The van der Waals surface area contributed by atoms with E-state index in [0.29, 0.717) is 16.7 Å². The molecule has 9 heteroatoms. The molecule has 0 fully saturated rings. The Morgan fingerprint density at radius 3 is 2.81 bits per heavy atom. The van der Waals surface area contributed by atoms with Gasteiger partial charge in [-0.2, -0.15) is 4.98 Å². The van der Waals surface area contributed by atoms with Crippen molar-refractivity contribution in [3.05, 3.63) is 50.9 Å². The second-order valence-corrected chi connectivity index (χ2v) is 8.03. The summed E-state index contributed by atoms with van der Waals surface area (Å²) in [5.41, 5.74) is 2.97. The molecule has 4 rings (SSSR count). The average molecular weight is 496 g/mol.